The first-order valence-electron chi connectivity index (χ1n) is 9.20. The van der Waals surface area contributed by atoms with Crippen LogP contribution in [0.1, 0.15) is 42.1 Å². The third-order valence-electron chi connectivity index (χ3n) is 4.51. The number of hydrogen-bond donors (Lipinski definition) is 2. The number of carbonyl (C=O) groups is 2. The van der Waals surface area contributed by atoms with Crippen molar-refractivity contribution >= 4 is 28.3 Å². The Morgan fingerprint density at radius 2 is 1.59 bits per heavy atom. The molecule has 27 heavy (non-hydrogen) atoms. The predicted octanol–water partition coefficient (Wildman–Crippen LogP) is 4.72. The van der Waals surface area contributed by atoms with Gasteiger partial charge < -0.3 is 10.6 Å². The molecule has 2 amide bonds. The van der Waals surface area contributed by atoms with Gasteiger partial charge in [0.15, 0.2) is 0 Å². The highest BCUT2D eigenvalue weighted by Crippen LogP contribution is 2.17. The van der Waals surface area contributed by atoms with Crippen LogP contribution in [-0.4, -0.2) is 18.4 Å². The summed E-state index contributed by atoms with van der Waals surface area (Å²) in [6.45, 7) is 4.55. The van der Waals surface area contributed by atoms with Crippen LogP contribution >= 0.6 is 0 Å². The molecule has 4 nitrogen and oxygen atoms in total. The van der Waals surface area contributed by atoms with Gasteiger partial charge in [0.2, 0.25) is 5.91 Å². The Morgan fingerprint density at radius 1 is 0.889 bits per heavy atom. The van der Waals surface area contributed by atoms with Crippen LogP contribution in [0, 0.1) is 0 Å². The molecule has 0 atom stereocenters. The Morgan fingerprint density at radius 3 is 2.30 bits per heavy atom. The fourth-order valence-corrected chi connectivity index (χ4v) is 2.90. The second-order valence-electron chi connectivity index (χ2n) is 6.89. The molecule has 0 spiro atoms. The Labute approximate surface area is 159 Å². The summed E-state index contributed by atoms with van der Waals surface area (Å²) in [5.74, 6) is 0.168. The van der Waals surface area contributed by atoms with Crippen LogP contribution in [0.15, 0.2) is 66.7 Å². The zero-order chi connectivity index (χ0) is 19.2. The summed E-state index contributed by atoms with van der Waals surface area (Å²) in [6.07, 6.45) is 0.227. The number of hydrogen-bond acceptors (Lipinski definition) is 2. The minimum Gasteiger partial charge on any atom is -0.352 e. The largest absolute Gasteiger partial charge is 0.352 e. The summed E-state index contributed by atoms with van der Waals surface area (Å²) in [6, 6.07) is 21.3. The summed E-state index contributed by atoms with van der Waals surface area (Å²) in [5, 5.41) is 7.78. The molecule has 0 saturated carbocycles. The van der Waals surface area contributed by atoms with Gasteiger partial charge in [0.05, 0.1) is 0 Å². The maximum absolute atomic E-state index is 12.3. The van der Waals surface area contributed by atoms with Crippen LogP contribution in [0.25, 0.3) is 10.8 Å². The van der Waals surface area contributed by atoms with E-state index in [1.54, 1.807) is 6.07 Å². The predicted molar refractivity (Wildman–Crippen MR) is 110 cm³/mol. The summed E-state index contributed by atoms with van der Waals surface area (Å²) in [5.41, 5.74) is 2.60. The SMILES string of the molecule is CC(C)c1ccc(NC(=O)CCNC(=O)c2ccc3ccccc3c2)cc1. The first kappa shape index (κ1) is 18.6. The lowest BCUT2D eigenvalue weighted by Crippen LogP contribution is -2.27. The van der Waals surface area contributed by atoms with E-state index in [1.165, 1.54) is 5.56 Å². The fourth-order valence-electron chi connectivity index (χ4n) is 2.90. The minimum atomic E-state index is -0.171. The lowest BCUT2D eigenvalue weighted by Gasteiger charge is -2.09. The normalized spacial score (nSPS) is 10.8. The van der Waals surface area contributed by atoms with E-state index in [4.69, 9.17) is 0 Å². The van der Waals surface area contributed by atoms with Gasteiger partial charge in [-0.1, -0.05) is 56.3 Å². The molecule has 138 valence electrons. The van der Waals surface area contributed by atoms with Crippen molar-refractivity contribution in [1.82, 2.24) is 5.32 Å². The summed E-state index contributed by atoms with van der Waals surface area (Å²) < 4.78 is 0. The number of anilines is 1. The zero-order valence-corrected chi connectivity index (χ0v) is 15.7. The Hall–Kier alpha value is -3.14. The summed E-state index contributed by atoms with van der Waals surface area (Å²) >= 11 is 0. The second-order valence-corrected chi connectivity index (χ2v) is 6.89. The molecule has 3 rings (SSSR count). The quantitative estimate of drug-likeness (QED) is 0.668. The summed E-state index contributed by atoms with van der Waals surface area (Å²) in [4.78, 5) is 24.3. The maximum Gasteiger partial charge on any atom is 0.251 e. The van der Waals surface area contributed by atoms with E-state index >= 15 is 0 Å². The second kappa shape index (κ2) is 8.49. The molecule has 3 aromatic carbocycles. The lowest BCUT2D eigenvalue weighted by atomic mass is 10.0. The number of rotatable bonds is 6. The molecule has 4 heteroatoms. The van der Waals surface area contributed by atoms with Gasteiger partial charge in [-0.2, -0.15) is 0 Å². The average Bonchev–Trinajstić information content (AvgIpc) is 2.68. The average molecular weight is 360 g/mol. The first-order valence-corrected chi connectivity index (χ1v) is 9.20. The number of carbonyl (C=O) groups excluding carboxylic acids is 2. The Kier molecular flexibility index (Phi) is 5.87. The molecule has 0 aliphatic rings. The van der Waals surface area contributed by atoms with Crippen LogP contribution in [0.5, 0.6) is 0 Å². The van der Waals surface area contributed by atoms with Gasteiger partial charge in [-0.3, -0.25) is 9.59 Å². The van der Waals surface area contributed by atoms with Gasteiger partial charge in [-0.25, -0.2) is 0 Å². The van der Waals surface area contributed by atoms with Crippen LogP contribution in [0.2, 0.25) is 0 Å². The first-order chi connectivity index (χ1) is 13.0. The molecule has 0 heterocycles. The van der Waals surface area contributed by atoms with Crippen molar-refractivity contribution in [2.45, 2.75) is 26.2 Å². The van der Waals surface area contributed by atoms with Crippen molar-refractivity contribution < 1.29 is 9.59 Å². The van der Waals surface area contributed by atoms with Crippen molar-refractivity contribution in [2.24, 2.45) is 0 Å². The highest BCUT2D eigenvalue weighted by molar-refractivity contribution is 5.99. The van der Waals surface area contributed by atoms with E-state index in [1.807, 2.05) is 60.7 Å². The number of fused-ring (bicyclic) bond motifs is 1. The van der Waals surface area contributed by atoms with Crippen LogP contribution in [0.4, 0.5) is 5.69 Å². The van der Waals surface area contributed by atoms with E-state index in [9.17, 15) is 9.59 Å². The minimum absolute atomic E-state index is 0.119. The lowest BCUT2D eigenvalue weighted by molar-refractivity contribution is -0.116. The molecular formula is C23H24N2O2. The molecule has 0 radical (unpaired) electrons. The third-order valence-corrected chi connectivity index (χ3v) is 4.51. The monoisotopic (exact) mass is 360 g/mol. The molecular weight excluding hydrogens is 336 g/mol. The summed E-state index contributed by atoms with van der Waals surface area (Å²) in [7, 11) is 0. The molecule has 0 aromatic heterocycles. The molecule has 2 N–H and O–H groups in total. The highest BCUT2D eigenvalue weighted by Gasteiger charge is 2.08. The van der Waals surface area contributed by atoms with Gasteiger partial charge in [0.25, 0.3) is 5.91 Å². The maximum atomic E-state index is 12.3. The number of nitrogens with one attached hydrogen (secondary N) is 2. The van der Waals surface area contributed by atoms with Gasteiger partial charge in [-0.05, 0) is 46.5 Å². The van der Waals surface area contributed by atoms with Gasteiger partial charge >= 0.3 is 0 Å². The molecule has 0 aliphatic heterocycles. The Bertz CT molecular complexity index is 946. The number of benzene rings is 3. The highest BCUT2D eigenvalue weighted by atomic mass is 16.2. The standard InChI is InChI=1S/C23H24N2O2/c1-16(2)17-9-11-21(12-10-17)25-22(26)13-14-24-23(27)20-8-7-18-5-3-4-6-19(18)15-20/h3-12,15-16H,13-14H2,1-2H3,(H,24,27)(H,25,26). The molecule has 0 aliphatic carbocycles. The molecule has 0 unspecified atom stereocenters. The van der Waals surface area contributed by atoms with Gasteiger partial charge in [0, 0.05) is 24.2 Å². The van der Waals surface area contributed by atoms with Crippen molar-refractivity contribution in [2.75, 3.05) is 11.9 Å². The van der Waals surface area contributed by atoms with Crippen molar-refractivity contribution in [3.05, 3.63) is 77.9 Å². The van der Waals surface area contributed by atoms with Crippen molar-refractivity contribution in [1.29, 1.82) is 0 Å². The topological polar surface area (TPSA) is 58.2 Å². The Balaban J connectivity index is 1.49. The number of amides is 2. The van der Waals surface area contributed by atoms with E-state index in [0.29, 0.717) is 18.0 Å². The van der Waals surface area contributed by atoms with Crippen LogP contribution < -0.4 is 10.6 Å². The zero-order valence-electron chi connectivity index (χ0n) is 15.7. The van der Waals surface area contributed by atoms with Crippen molar-refractivity contribution in [3.63, 3.8) is 0 Å². The van der Waals surface area contributed by atoms with Gasteiger partial charge in [0.1, 0.15) is 0 Å². The van der Waals surface area contributed by atoms with E-state index in [2.05, 4.69) is 24.5 Å². The van der Waals surface area contributed by atoms with Crippen molar-refractivity contribution in [3.8, 4) is 0 Å². The fraction of sp³-hybridized carbons (Fsp3) is 0.217. The van der Waals surface area contributed by atoms with E-state index in [-0.39, 0.29) is 18.2 Å². The molecule has 3 aromatic rings. The smallest absolute Gasteiger partial charge is 0.251 e. The molecule has 0 fully saturated rings. The van der Waals surface area contributed by atoms with Gasteiger partial charge in [-0.15, -0.1) is 0 Å². The van der Waals surface area contributed by atoms with Crippen LogP contribution in [-0.2, 0) is 4.79 Å². The van der Waals surface area contributed by atoms with E-state index < -0.39 is 0 Å². The van der Waals surface area contributed by atoms with Crippen LogP contribution in [0.3, 0.4) is 0 Å². The third kappa shape index (κ3) is 4.94. The molecule has 0 bridgehead atoms. The van der Waals surface area contributed by atoms with E-state index in [0.717, 1.165) is 16.5 Å². The molecule has 0 saturated heterocycles.